The third-order valence-electron chi connectivity index (χ3n) is 2.82. The van der Waals surface area contributed by atoms with Gasteiger partial charge >= 0.3 is 5.97 Å². The van der Waals surface area contributed by atoms with Crippen LogP contribution in [0.4, 0.5) is 5.69 Å². The van der Waals surface area contributed by atoms with E-state index in [4.69, 9.17) is 5.11 Å². The average molecular weight is 280 g/mol. The second-order valence-corrected chi connectivity index (χ2v) is 4.21. The maximum atomic E-state index is 11.8. The van der Waals surface area contributed by atoms with E-state index in [1.165, 1.54) is 7.11 Å². The number of amides is 1. The Morgan fingerprint density at radius 3 is 2.45 bits per heavy atom. The number of hydrogen-bond donors (Lipinski definition) is 2. The summed E-state index contributed by atoms with van der Waals surface area (Å²) < 4.78 is 4.59. The Morgan fingerprint density at radius 1 is 1.30 bits per heavy atom. The summed E-state index contributed by atoms with van der Waals surface area (Å²) >= 11 is 0. The summed E-state index contributed by atoms with van der Waals surface area (Å²) in [7, 11) is 1.32. The van der Waals surface area contributed by atoms with E-state index in [1.807, 2.05) is 11.8 Å². The second-order valence-electron chi connectivity index (χ2n) is 4.21. The normalized spacial score (nSPS) is 10.4. The highest BCUT2D eigenvalue weighted by Crippen LogP contribution is 2.10. The van der Waals surface area contributed by atoms with Crippen LogP contribution in [0.2, 0.25) is 0 Å². The van der Waals surface area contributed by atoms with Gasteiger partial charge in [-0.3, -0.25) is 9.69 Å². The van der Waals surface area contributed by atoms with Crippen molar-refractivity contribution in [2.24, 2.45) is 0 Å². The Balaban J connectivity index is 2.55. The molecule has 0 bridgehead atoms. The number of aliphatic hydroxyl groups excluding tert-OH is 1. The van der Waals surface area contributed by atoms with Crippen LogP contribution in [0.5, 0.6) is 0 Å². The number of ether oxygens (including phenoxy) is 1. The van der Waals surface area contributed by atoms with Crippen LogP contribution in [-0.2, 0) is 9.53 Å². The smallest absolute Gasteiger partial charge is 0.337 e. The molecule has 0 aliphatic carbocycles. The van der Waals surface area contributed by atoms with Crippen molar-refractivity contribution in [3.05, 3.63) is 29.8 Å². The van der Waals surface area contributed by atoms with Crippen molar-refractivity contribution in [1.82, 2.24) is 4.90 Å². The van der Waals surface area contributed by atoms with Crippen LogP contribution >= 0.6 is 0 Å². The minimum Gasteiger partial charge on any atom is -0.465 e. The standard InChI is InChI=1S/C14H20N2O4/c1-3-16(8-9-17)10-13(18)15-12-6-4-11(5-7-12)14(19)20-2/h4-7,17H,3,8-10H2,1-2H3,(H,15,18). The Kier molecular flexibility index (Phi) is 6.69. The number of aliphatic hydroxyl groups is 1. The molecule has 2 N–H and O–H groups in total. The molecule has 0 atom stereocenters. The maximum absolute atomic E-state index is 11.8. The van der Waals surface area contributed by atoms with Crippen LogP contribution in [-0.4, -0.2) is 55.2 Å². The first-order chi connectivity index (χ1) is 9.60. The number of esters is 1. The molecular weight excluding hydrogens is 260 g/mol. The fraction of sp³-hybridized carbons (Fsp3) is 0.429. The zero-order valence-electron chi connectivity index (χ0n) is 11.8. The van der Waals surface area contributed by atoms with Crippen molar-refractivity contribution in [1.29, 1.82) is 0 Å². The highest BCUT2D eigenvalue weighted by molar-refractivity contribution is 5.93. The molecule has 0 aromatic heterocycles. The number of anilines is 1. The van der Waals surface area contributed by atoms with E-state index >= 15 is 0 Å². The Labute approximate surface area is 118 Å². The second kappa shape index (κ2) is 8.29. The van der Waals surface area contributed by atoms with Crippen molar-refractivity contribution >= 4 is 17.6 Å². The van der Waals surface area contributed by atoms with Crippen molar-refractivity contribution in [3.8, 4) is 0 Å². The topological polar surface area (TPSA) is 78.9 Å². The van der Waals surface area contributed by atoms with Gasteiger partial charge in [0.05, 0.1) is 25.8 Å². The zero-order chi connectivity index (χ0) is 15.0. The van der Waals surface area contributed by atoms with Crippen LogP contribution in [0.25, 0.3) is 0 Å². The lowest BCUT2D eigenvalue weighted by atomic mass is 10.2. The number of carbonyl (C=O) groups is 2. The predicted molar refractivity (Wildman–Crippen MR) is 75.6 cm³/mol. The van der Waals surface area contributed by atoms with Gasteiger partial charge in [-0.05, 0) is 30.8 Å². The summed E-state index contributed by atoms with van der Waals surface area (Å²) in [6, 6.07) is 6.47. The third kappa shape index (κ3) is 4.99. The lowest BCUT2D eigenvalue weighted by Gasteiger charge is -2.18. The molecule has 1 rings (SSSR count). The summed E-state index contributed by atoms with van der Waals surface area (Å²) in [5.41, 5.74) is 1.05. The summed E-state index contributed by atoms with van der Waals surface area (Å²) in [6.45, 7) is 3.32. The fourth-order valence-corrected chi connectivity index (χ4v) is 1.70. The lowest BCUT2D eigenvalue weighted by Crippen LogP contribution is -2.35. The van der Waals surface area contributed by atoms with Crippen LogP contribution in [0.3, 0.4) is 0 Å². The first kappa shape index (κ1) is 16.1. The summed E-state index contributed by atoms with van der Waals surface area (Å²) in [5.74, 6) is -0.575. The number of likely N-dealkylation sites (N-methyl/N-ethyl adjacent to an activating group) is 1. The van der Waals surface area contributed by atoms with E-state index < -0.39 is 5.97 Å². The Bertz CT molecular complexity index is 445. The van der Waals surface area contributed by atoms with Gasteiger partial charge in [0.15, 0.2) is 0 Å². The van der Waals surface area contributed by atoms with Crippen molar-refractivity contribution in [2.75, 3.05) is 38.7 Å². The molecular formula is C14H20N2O4. The van der Waals surface area contributed by atoms with Gasteiger partial charge in [0.25, 0.3) is 0 Å². The van der Waals surface area contributed by atoms with Gasteiger partial charge in [-0.25, -0.2) is 4.79 Å². The predicted octanol–water partition coefficient (Wildman–Crippen LogP) is 0.726. The molecule has 0 saturated heterocycles. The molecule has 0 saturated carbocycles. The molecule has 0 unspecified atom stereocenters. The van der Waals surface area contributed by atoms with Crippen LogP contribution in [0, 0.1) is 0 Å². The SMILES string of the molecule is CCN(CCO)CC(=O)Nc1ccc(C(=O)OC)cc1. The fourth-order valence-electron chi connectivity index (χ4n) is 1.70. The molecule has 110 valence electrons. The van der Waals surface area contributed by atoms with Gasteiger partial charge in [-0.15, -0.1) is 0 Å². The molecule has 20 heavy (non-hydrogen) atoms. The molecule has 0 aliphatic rings. The molecule has 6 heteroatoms. The molecule has 1 amide bonds. The summed E-state index contributed by atoms with van der Waals surface area (Å²) in [4.78, 5) is 24.9. The zero-order valence-corrected chi connectivity index (χ0v) is 11.8. The third-order valence-corrected chi connectivity index (χ3v) is 2.82. The van der Waals surface area contributed by atoms with E-state index in [1.54, 1.807) is 24.3 Å². The minimum absolute atomic E-state index is 0.0228. The minimum atomic E-state index is -0.414. The molecule has 0 aliphatic heterocycles. The number of benzene rings is 1. The van der Waals surface area contributed by atoms with E-state index in [0.29, 0.717) is 24.3 Å². The quantitative estimate of drug-likeness (QED) is 0.720. The number of hydrogen-bond acceptors (Lipinski definition) is 5. The molecule has 0 fully saturated rings. The molecule has 1 aromatic carbocycles. The van der Waals surface area contributed by atoms with Crippen molar-refractivity contribution in [3.63, 3.8) is 0 Å². The van der Waals surface area contributed by atoms with Crippen molar-refractivity contribution < 1.29 is 19.4 Å². The number of methoxy groups -OCH3 is 1. The monoisotopic (exact) mass is 280 g/mol. The van der Waals surface area contributed by atoms with Gasteiger partial charge in [-0.2, -0.15) is 0 Å². The van der Waals surface area contributed by atoms with E-state index in [0.717, 1.165) is 0 Å². The van der Waals surface area contributed by atoms with Gasteiger partial charge in [0.1, 0.15) is 0 Å². The van der Waals surface area contributed by atoms with Crippen LogP contribution in [0.15, 0.2) is 24.3 Å². The highest BCUT2D eigenvalue weighted by atomic mass is 16.5. The summed E-state index contributed by atoms with van der Waals surface area (Å²) in [6.07, 6.45) is 0. The Morgan fingerprint density at radius 2 is 1.95 bits per heavy atom. The summed E-state index contributed by atoms with van der Waals surface area (Å²) in [5, 5.41) is 11.6. The largest absolute Gasteiger partial charge is 0.465 e. The van der Waals surface area contributed by atoms with Crippen LogP contribution in [0.1, 0.15) is 17.3 Å². The van der Waals surface area contributed by atoms with Gasteiger partial charge in [0.2, 0.25) is 5.91 Å². The lowest BCUT2D eigenvalue weighted by molar-refractivity contribution is -0.117. The number of carbonyl (C=O) groups excluding carboxylic acids is 2. The maximum Gasteiger partial charge on any atom is 0.337 e. The number of nitrogens with zero attached hydrogens (tertiary/aromatic N) is 1. The molecule has 6 nitrogen and oxygen atoms in total. The highest BCUT2D eigenvalue weighted by Gasteiger charge is 2.09. The van der Waals surface area contributed by atoms with E-state index in [2.05, 4.69) is 10.1 Å². The molecule has 0 heterocycles. The number of nitrogens with one attached hydrogen (secondary N) is 1. The first-order valence-corrected chi connectivity index (χ1v) is 6.42. The molecule has 1 aromatic rings. The van der Waals surface area contributed by atoms with Gasteiger partial charge < -0.3 is 15.2 Å². The van der Waals surface area contributed by atoms with E-state index in [-0.39, 0.29) is 19.1 Å². The molecule has 0 spiro atoms. The number of rotatable bonds is 7. The van der Waals surface area contributed by atoms with Gasteiger partial charge in [0, 0.05) is 12.2 Å². The average Bonchev–Trinajstić information content (AvgIpc) is 2.46. The molecule has 0 radical (unpaired) electrons. The van der Waals surface area contributed by atoms with Gasteiger partial charge in [-0.1, -0.05) is 6.92 Å². The van der Waals surface area contributed by atoms with Crippen LogP contribution < -0.4 is 5.32 Å². The van der Waals surface area contributed by atoms with Crippen molar-refractivity contribution in [2.45, 2.75) is 6.92 Å². The first-order valence-electron chi connectivity index (χ1n) is 6.42. The Hall–Kier alpha value is -1.92. The van der Waals surface area contributed by atoms with E-state index in [9.17, 15) is 9.59 Å².